The van der Waals surface area contributed by atoms with Gasteiger partial charge in [0, 0.05) is 18.8 Å². The van der Waals surface area contributed by atoms with Crippen molar-refractivity contribution in [2.75, 3.05) is 11.9 Å². The molecule has 3 nitrogen and oxygen atoms in total. The Hall–Kier alpha value is -1.51. The largest absolute Gasteiger partial charge is 0.481 e. The predicted octanol–water partition coefficient (Wildman–Crippen LogP) is 2.91. The van der Waals surface area contributed by atoms with Crippen LogP contribution in [0.2, 0.25) is 0 Å². The maximum absolute atomic E-state index is 10.7. The van der Waals surface area contributed by atoms with Crippen LogP contribution >= 0.6 is 0 Å². The van der Waals surface area contributed by atoms with E-state index in [4.69, 9.17) is 5.11 Å². The van der Waals surface area contributed by atoms with E-state index in [1.165, 1.54) is 16.7 Å². The number of anilines is 1. The Balaban J connectivity index is 3.00. The lowest BCUT2D eigenvalue weighted by molar-refractivity contribution is -0.137. The summed E-state index contributed by atoms with van der Waals surface area (Å²) in [5.74, 6) is -0.758. The minimum Gasteiger partial charge on any atom is -0.481 e. The summed E-state index contributed by atoms with van der Waals surface area (Å²) < 4.78 is 0. The van der Waals surface area contributed by atoms with Gasteiger partial charge in [0.1, 0.15) is 0 Å². The third-order valence-corrected chi connectivity index (χ3v) is 3.54. The summed E-state index contributed by atoms with van der Waals surface area (Å²) in [6, 6.07) is 4.14. The molecule has 0 amide bonds. The molecule has 0 fully saturated rings. The Labute approximate surface area is 103 Å². The second kappa shape index (κ2) is 5.21. The SMILES string of the molecule is Cc1ccc(N(C)C(C)CC(=O)O)c(C)c1C. The predicted molar refractivity (Wildman–Crippen MR) is 70.8 cm³/mol. The Morgan fingerprint density at radius 1 is 1.29 bits per heavy atom. The van der Waals surface area contributed by atoms with Crippen LogP contribution in [0.5, 0.6) is 0 Å². The van der Waals surface area contributed by atoms with Crippen molar-refractivity contribution in [1.29, 1.82) is 0 Å². The zero-order valence-corrected chi connectivity index (χ0v) is 11.2. The standard InChI is InChI=1S/C14H21NO2/c1-9-6-7-13(12(4)11(9)3)15(5)10(2)8-14(16)17/h6-7,10H,8H2,1-5H3,(H,16,17). The first-order valence-corrected chi connectivity index (χ1v) is 5.86. The van der Waals surface area contributed by atoms with Gasteiger partial charge in [0.25, 0.3) is 0 Å². The summed E-state index contributed by atoms with van der Waals surface area (Å²) in [7, 11) is 1.95. The van der Waals surface area contributed by atoms with E-state index in [1.807, 2.05) is 18.9 Å². The van der Waals surface area contributed by atoms with Crippen LogP contribution in [0.15, 0.2) is 12.1 Å². The molecule has 1 rings (SSSR count). The third-order valence-electron chi connectivity index (χ3n) is 3.54. The number of benzene rings is 1. The van der Waals surface area contributed by atoms with Crippen LogP contribution in [0.4, 0.5) is 5.69 Å². The maximum atomic E-state index is 10.7. The minimum absolute atomic E-state index is 0.00620. The molecule has 0 aromatic heterocycles. The van der Waals surface area contributed by atoms with Crippen LogP contribution in [-0.4, -0.2) is 24.2 Å². The van der Waals surface area contributed by atoms with E-state index in [9.17, 15) is 4.79 Å². The summed E-state index contributed by atoms with van der Waals surface area (Å²) >= 11 is 0. The monoisotopic (exact) mass is 235 g/mol. The molecule has 0 saturated carbocycles. The smallest absolute Gasteiger partial charge is 0.305 e. The molecule has 0 aliphatic carbocycles. The molecule has 1 atom stereocenters. The van der Waals surface area contributed by atoms with Gasteiger partial charge in [0.2, 0.25) is 0 Å². The molecule has 17 heavy (non-hydrogen) atoms. The molecule has 1 unspecified atom stereocenters. The third kappa shape index (κ3) is 2.99. The van der Waals surface area contributed by atoms with Crippen molar-refractivity contribution in [1.82, 2.24) is 0 Å². The van der Waals surface area contributed by atoms with Crippen LogP contribution in [0.25, 0.3) is 0 Å². The summed E-state index contributed by atoms with van der Waals surface area (Å²) in [5, 5.41) is 8.82. The number of hydrogen-bond acceptors (Lipinski definition) is 2. The van der Waals surface area contributed by atoms with E-state index in [2.05, 4.69) is 32.9 Å². The molecule has 0 saturated heterocycles. The van der Waals surface area contributed by atoms with Gasteiger partial charge in [-0.15, -0.1) is 0 Å². The molecule has 0 aliphatic rings. The molecule has 0 aliphatic heterocycles. The molecule has 3 heteroatoms. The lowest BCUT2D eigenvalue weighted by Crippen LogP contribution is -2.31. The Kier molecular flexibility index (Phi) is 4.16. The van der Waals surface area contributed by atoms with Gasteiger partial charge in [-0.05, 0) is 50.5 Å². The molecule has 0 radical (unpaired) electrons. The summed E-state index contributed by atoms with van der Waals surface area (Å²) in [6.07, 6.45) is 0.156. The molecule has 94 valence electrons. The van der Waals surface area contributed by atoms with Gasteiger partial charge in [-0.2, -0.15) is 0 Å². The van der Waals surface area contributed by atoms with Crippen molar-refractivity contribution < 1.29 is 9.90 Å². The lowest BCUT2D eigenvalue weighted by Gasteiger charge is -2.28. The average Bonchev–Trinajstić information content (AvgIpc) is 2.24. The van der Waals surface area contributed by atoms with Gasteiger partial charge in [0.05, 0.1) is 6.42 Å². The Bertz CT molecular complexity index is 426. The molecule has 0 spiro atoms. The van der Waals surface area contributed by atoms with Gasteiger partial charge in [-0.1, -0.05) is 6.07 Å². The number of carboxylic acids is 1. The number of rotatable bonds is 4. The quantitative estimate of drug-likeness (QED) is 0.872. The Morgan fingerprint density at radius 2 is 1.88 bits per heavy atom. The van der Waals surface area contributed by atoms with Crippen LogP contribution in [-0.2, 0) is 4.79 Å². The van der Waals surface area contributed by atoms with Gasteiger partial charge < -0.3 is 10.0 Å². The fourth-order valence-electron chi connectivity index (χ4n) is 1.95. The van der Waals surface area contributed by atoms with E-state index >= 15 is 0 Å². The van der Waals surface area contributed by atoms with Crippen LogP contribution in [0.1, 0.15) is 30.0 Å². The Morgan fingerprint density at radius 3 is 2.41 bits per heavy atom. The lowest BCUT2D eigenvalue weighted by atomic mass is 10.0. The number of aliphatic carboxylic acids is 1. The highest BCUT2D eigenvalue weighted by molar-refractivity contribution is 5.69. The topological polar surface area (TPSA) is 40.5 Å². The van der Waals surface area contributed by atoms with Gasteiger partial charge in [0.15, 0.2) is 0 Å². The first-order valence-electron chi connectivity index (χ1n) is 5.86. The molecule has 0 heterocycles. The van der Waals surface area contributed by atoms with Crippen LogP contribution in [0, 0.1) is 20.8 Å². The summed E-state index contributed by atoms with van der Waals surface area (Å²) in [6.45, 7) is 8.21. The number of aryl methyl sites for hydroxylation is 1. The van der Waals surface area contributed by atoms with Crippen molar-refractivity contribution >= 4 is 11.7 Å². The fraction of sp³-hybridized carbons (Fsp3) is 0.500. The highest BCUT2D eigenvalue weighted by Crippen LogP contribution is 2.26. The highest BCUT2D eigenvalue weighted by atomic mass is 16.4. The van der Waals surface area contributed by atoms with Crippen molar-refractivity contribution in [2.24, 2.45) is 0 Å². The van der Waals surface area contributed by atoms with Gasteiger partial charge in [-0.3, -0.25) is 4.79 Å². The normalized spacial score (nSPS) is 12.3. The van der Waals surface area contributed by atoms with Crippen molar-refractivity contribution in [3.8, 4) is 0 Å². The average molecular weight is 235 g/mol. The van der Waals surface area contributed by atoms with E-state index in [-0.39, 0.29) is 12.5 Å². The molecule has 1 N–H and O–H groups in total. The number of carbonyl (C=O) groups is 1. The van der Waals surface area contributed by atoms with E-state index in [0.717, 1.165) is 5.69 Å². The van der Waals surface area contributed by atoms with E-state index in [1.54, 1.807) is 0 Å². The second-order valence-electron chi connectivity index (χ2n) is 4.71. The first kappa shape index (κ1) is 13.6. The van der Waals surface area contributed by atoms with Crippen LogP contribution < -0.4 is 4.90 Å². The van der Waals surface area contributed by atoms with Crippen molar-refractivity contribution in [3.63, 3.8) is 0 Å². The van der Waals surface area contributed by atoms with Crippen molar-refractivity contribution in [2.45, 2.75) is 40.2 Å². The van der Waals surface area contributed by atoms with E-state index in [0.29, 0.717) is 0 Å². The first-order chi connectivity index (χ1) is 7.84. The highest BCUT2D eigenvalue weighted by Gasteiger charge is 2.16. The maximum Gasteiger partial charge on any atom is 0.305 e. The zero-order valence-electron chi connectivity index (χ0n) is 11.2. The minimum atomic E-state index is -0.758. The molecule has 1 aromatic carbocycles. The summed E-state index contributed by atoms with van der Waals surface area (Å²) in [4.78, 5) is 12.8. The summed E-state index contributed by atoms with van der Waals surface area (Å²) in [5.41, 5.74) is 4.88. The number of nitrogens with zero attached hydrogens (tertiary/aromatic N) is 1. The molecule has 0 bridgehead atoms. The zero-order chi connectivity index (χ0) is 13.2. The fourth-order valence-corrected chi connectivity index (χ4v) is 1.95. The number of carboxylic acid groups (broad SMARTS) is 1. The van der Waals surface area contributed by atoms with Crippen LogP contribution in [0.3, 0.4) is 0 Å². The number of hydrogen-bond donors (Lipinski definition) is 1. The van der Waals surface area contributed by atoms with Gasteiger partial charge >= 0.3 is 5.97 Å². The molecule has 1 aromatic rings. The molecular weight excluding hydrogens is 214 g/mol. The molecular formula is C14H21NO2. The van der Waals surface area contributed by atoms with Gasteiger partial charge in [-0.25, -0.2) is 0 Å². The van der Waals surface area contributed by atoms with E-state index < -0.39 is 5.97 Å². The van der Waals surface area contributed by atoms with Crippen molar-refractivity contribution in [3.05, 3.63) is 28.8 Å². The second-order valence-corrected chi connectivity index (χ2v) is 4.71.